The quantitative estimate of drug-likeness (QED) is 0.835. The maximum absolute atomic E-state index is 6.41. The molecule has 21 heavy (non-hydrogen) atoms. The Kier molecular flexibility index (Phi) is 5.51. The minimum Gasteiger partial charge on any atom is -0.495 e. The van der Waals surface area contributed by atoms with Gasteiger partial charge in [0.1, 0.15) is 5.75 Å². The van der Waals surface area contributed by atoms with Crippen LogP contribution in [0.25, 0.3) is 0 Å². The lowest BCUT2D eigenvalue weighted by Gasteiger charge is -2.21. The Morgan fingerprint density at radius 2 is 1.86 bits per heavy atom. The highest BCUT2D eigenvalue weighted by Crippen LogP contribution is 2.33. The normalized spacial score (nSPS) is 12.2. The molecule has 1 N–H and O–H groups in total. The maximum Gasteiger partial charge on any atom is 0.137 e. The first-order valence-electron chi connectivity index (χ1n) is 6.89. The van der Waals surface area contributed by atoms with Crippen molar-refractivity contribution >= 4 is 23.2 Å². The van der Waals surface area contributed by atoms with E-state index in [4.69, 9.17) is 27.9 Å². The van der Waals surface area contributed by atoms with Crippen LogP contribution in [-0.2, 0) is 0 Å². The van der Waals surface area contributed by atoms with Gasteiger partial charge in [0.25, 0.3) is 0 Å². The third kappa shape index (κ3) is 3.70. The molecule has 0 fully saturated rings. The number of methoxy groups -OCH3 is 1. The molecule has 0 aliphatic heterocycles. The molecule has 0 amide bonds. The first-order chi connectivity index (χ1) is 10.1. The van der Waals surface area contributed by atoms with Crippen molar-refractivity contribution in [3.8, 4) is 5.75 Å². The van der Waals surface area contributed by atoms with Gasteiger partial charge in [0.15, 0.2) is 0 Å². The standard InChI is InChI=1S/C17H19Cl2NO/c1-4-20-17(13-7-5-11(2)9-14(13)18)12-6-8-16(21-3)15(19)10-12/h5-10,17,20H,4H2,1-3H3. The molecule has 0 saturated carbocycles. The summed E-state index contributed by atoms with van der Waals surface area (Å²) in [5.41, 5.74) is 3.26. The number of rotatable bonds is 5. The van der Waals surface area contributed by atoms with Crippen LogP contribution in [0.15, 0.2) is 36.4 Å². The van der Waals surface area contributed by atoms with Gasteiger partial charge in [-0.2, -0.15) is 0 Å². The molecule has 0 saturated heterocycles. The van der Waals surface area contributed by atoms with E-state index in [1.807, 2.05) is 31.2 Å². The first-order valence-corrected chi connectivity index (χ1v) is 7.65. The SMILES string of the molecule is CCNC(c1ccc(OC)c(Cl)c1)c1ccc(C)cc1Cl. The molecule has 0 bridgehead atoms. The number of aryl methyl sites for hydroxylation is 1. The van der Waals surface area contributed by atoms with Gasteiger partial charge in [-0.15, -0.1) is 0 Å². The van der Waals surface area contributed by atoms with E-state index in [0.717, 1.165) is 28.3 Å². The molecule has 0 aliphatic carbocycles. The van der Waals surface area contributed by atoms with E-state index < -0.39 is 0 Å². The largest absolute Gasteiger partial charge is 0.495 e. The van der Waals surface area contributed by atoms with E-state index in [1.165, 1.54) is 0 Å². The predicted octanol–water partition coefficient (Wildman–Crippen LogP) is 5.01. The summed E-state index contributed by atoms with van der Waals surface area (Å²) in [4.78, 5) is 0. The van der Waals surface area contributed by atoms with E-state index in [9.17, 15) is 0 Å². The van der Waals surface area contributed by atoms with Crippen LogP contribution in [-0.4, -0.2) is 13.7 Å². The second-order valence-corrected chi connectivity index (χ2v) is 5.72. The second kappa shape index (κ2) is 7.17. The molecule has 2 nitrogen and oxygen atoms in total. The van der Waals surface area contributed by atoms with E-state index in [2.05, 4.69) is 24.4 Å². The van der Waals surface area contributed by atoms with Crippen molar-refractivity contribution in [2.45, 2.75) is 19.9 Å². The molecule has 112 valence electrons. The van der Waals surface area contributed by atoms with Gasteiger partial charge in [0.05, 0.1) is 18.2 Å². The summed E-state index contributed by atoms with van der Waals surface area (Å²) in [6, 6.07) is 11.9. The van der Waals surface area contributed by atoms with Gasteiger partial charge in [-0.3, -0.25) is 0 Å². The molecule has 0 heterocycles. The topological polar surface area (TPSA) is 21.3 Å². The van der Waals surface area contributed by atoms with Crippen LogP contribution in [0, 0.1) is 6.92 Å². The molecule has 4 heteroatoms. The highest BCUT2D eigenvalue weighted by molar-refractivity contribution is 6.32. The lowest BCUT2D eigenvalue weighted by molar-refractivity contribution is 0.414. The fourth-order valence-electron chi connectivity index (χ4n) is 2.34. The Balaban J connectivity index is 2.45. The van der Waals surface area contributed by atoms with Gasteiger partial charge in [-0.1, -0.05) is 48.3 Å². The zero-order valence-electron chi connectivity index (χ0n) is 12.4. The Labute approximate surface area is 136 Å². The van der Waals surface area contributed by atoms with E-state index in [0.29, 0.717) is 10.8 Å². The Hall–Kier alpha value is -1.22. The fourth-order valence-corrected chi connectivity index (χ4v) is 2.95. The molecule has 0 aliphatic rings. The van der Waals surface area contributed by atoms with Gasteiger partial charge in [-0.25, -0.2) is 0 Å². The number of benzene rings is 2. The summed E-state index contributed by atoms with van der Waals surface area (Å²) in [7, 11) is 1.61. The van der Waals surface area contributed by atoms with E-state index in [-0.39, 0.29) is 6.04 Å². The minimum atomic E-state index is 0.00602. The monoisotopic (exact) mass is 323 g/mol. The molecular weight excluding hydrogens is 305 g/mol. The second-order valence-electron chi connectivity index (χ2n) is 4.91. The molecular formula is C17H19Cl2NO. The fraction of sp³-hybridized carbons (Fsp3) is 0.294. The van der Waals surface area contributed by atoms with Crippen molar-refractivity contribution in [3.05, 3.63) is 63.1 Å². The zero-order valence-corrected chi connectivity index (χ0v) is 13.9. The molecule has 1 unspecified atom stereocenters. The minimum absolute atomic E-state index is 0.00602. The average Bonchev–Trinajstić information content (AvgIpc) is 2.45. The van der Waals surface area contributed by atoms with Crippen LogP contribution in [0.2, 0.25) is 10.0 Å². The highest BCUT2D eigenvalue weighted by Gasteiger charge is 2.17. The third-order valence-electron chi connectivity index (χ3n) is 3.38. The van der Waals surface area contributed by atoms with Crippen LogP contribution in [0.5, 0.6) is 5.75 Å². The maximum atomic E-state index is 6.41. The van der Waals surface area contributed by atoms with Crippen LogP contribution in [0.3, 0.4) is 0 Å². The molecule has 2 aromatic rings. The molecule has 0 aromatic heterocycles. The van der Waals surface area contributed by atoms with E-state index in [1.54, 1.807) is 7.11 Å². The Morgan fingerprint density at radius 3 is 2.43 bits per heavy atom. The lowest BCUT2D eigenvalue weighted by Crippen LogP contribution is -2.22. The van der Waals surface area contributed by atoms with Crippen LogP contribution >= 0.6 is 23.2 Å². The number of halogens is 2. The average molecular weight is 324 g/mol. The molecule has 2 aromatic carbocycles. The Bertz CT molecular complexity index is 628. The van der Waals surface area contributed by atoms with Gasteiger partial charge in [0, 0.05) is 5.02 Å². The summed E-state index contributed by atoms with van der Waals surface area (Å²) in [5.74, 6) is 0.672. The van der Waals surface area contributed by atoms with Gasteiger partial charge in [-0.05, 0) is 48.4 Å². The summed E-state index contributed by atoms with van der Waals surface area (Å²) >= 11 is 12.7. The molecule has 2 rings (SSSR count). The summed E-state index contributed by atoms with van der Waals surface area (Å²) in [6.45, 7) is 4.93. The first kappa shape index (κ1) is 16.2. The van der Waals surface area contributed by atoms with Crippen molar-refractivity contribution in [1.82, 2.24) is 5.32 Å². The van der Waals surface area contributed by atoms with E-state index >= 15 is 0 Å². The van der Waals surface area contributed by atoms with Crippen LogP contribution < -0.4 is 10.1 Å². The molecule has 0 radical (unpaired) electrons. The molecule has 1 atom stereocenters. The van der Waals surface area contributed by atoms with Crippen molar-refractivity contribution in [2.75, 3.05) is 13.7 Å². The van der Waals surface area contributed by atoms with Crippen molar-refractivity contribution in [2.24, 2.45) is 0 Å². The number of hydrogen-bond donors (Lipinski definition) is 1. The number of nitrogens with one attached hydrogen (secondary N) is 1. The Morgan fingerprint density at radius 1 is 1.10 bits per heavy atom. The zero-order chi connectivity index (χ0) is 15.4. The van der Waals surface area contributed by atoms with Crippen LogP contribution in [0.1, 0.15) is 29.7 Å². The summed E-state index contributed by atoms with van der Waals surface area (Å²) in [6.07, 6.45) is 0. The third-order valence-corrected chi connectivity index (χ3v) is 4.01. The van der Waals surface area contributed by atoms with Gasteiger partial charge in [0.2, 0.25) is 0 Å². The lowest BCUT2D eigenvalue weighted by atomic mass is 9.97. The van der Waals surface area contributed by atoms with Crippen LogP contribution in [0.4, 0.5) is 0 Å². The number of hydrogen-bond acceptors (Lipinski definition) is 2. The predicted molar refractivity (Wildman–Crippen MR) is 89.7 cm³/mol. The summed E-state index contributed by atoms with van der Waals surface area (Å²) in [5, 5.41) is 4.81. The highest BCUT2D eigenvalue weighted by atomic mass is 35.5. The smallest absolute Gasteiger partial charge is 0.137 e. The van der Waals surface area contributed by atoms with Crippen molar-refractivity contribution in [3.63, 3.8) is 0 Å². The number of ether oxygens (including phenoxy) is 1. The van der Waals surface area contributed by atoms with Gasteiger partial charge < -0.3 is 10.1 Å². The summed E-state index contributed by atoms with van der Waals surface area (Å²) < 4.78 is 5.21. The van der Waals surface area contributed by atoms with Gasteiger partial charge >= 0.3 is 0 Å². The van der Waals surface area contributed by atoms with Crippen molar-refractivity contribution in [1.29, 1.82) is 0 Å². The van der Waals surface area contributed by atoms with Crippen molar-refractivity contribution < 1.29 is 4.74 Å². The molecule has 0 spiro atoms.